The second-order valence-corrected chi connectivity index (χ2v) is 9.64. The number of amides is 2. The summed E-state index contributed by atoms with van der Waals surface area (Å²) in [4.78, 5) is 26.6. The maximum atomic E-state index is 12.8. The maximum absolute atomic E-state index is 12.8. The third kappa shape index (κ3) is 4.11. The smallest absolute Gasteiger partial charge is 0.233 e. The van der Waals surface area contributed by atoms with Crippen LogP contribution in [0.5, 0.6) is 5.75 Å². The number of phenolic OH excluding ortho intramolecular Hbond substituents is 1. The molecule has 4 atom stereocenters. The van der Waals surface area contributed by atoms with E-state index in [1.54, 1.807) is 26.3 Å². The number of nitrogens with zero attached hydrogens (tertiary/aromatic N) is 1. The van der Waals surface area contributed by atoms with Crippen LogP contribution in [0.25, 0.3) is 6.08 Å². The average molecular weight is 490 g/mol. The zero-order chi connectivity index (χ0) is 22.3. The van der Waals surface area contributed by atoms with Crippen LogP contribution in [0.1, 0.15) is 31.7 Å². The quantitative estimate of drug-likeness (QED) is 0.483. The van der Waals surface area contributed by atoms with Crippen LogP contribution in [0.2, 0.25) is 0 Å². The van der Waals surface area contributed by atoms with Crippen molar-refractivity contribution in [2.45, 2.75) is 32.3 Å². The number of ether oxygens (including phenoxy) is 2. The Morgan fingerprint density at radius 1 is 1.32 bits per heavy atom. The molecule has 2 amide bonds. The fraction of sp³-hybridized carbons (Fsp3) is 0.500. The molecule has 0 saturated carbocycles. The van der Waals surface area contributed by atoms with Gasteiger partial charge in [0.25, 0.3) is 0 Å². The first-order valence-electron chi connectivity index (χ1n) is 10.6. The first-order chi connectivity index (χ1) is 14.8. The summed E-state index contributed by atoms with van der Waals surface area (Å²) in [6, 6.07) is 5.37. The number of rotatable bonds is 6. The van der Waals surface area contributed by atoms with E-state index in [1.165, 1.54) is 4.90 Å². The molecule has 0 spiro atoms. The van der Waals surface area contributed by atoms with Gasteiger partial charge in [-0.1, -0.05) is 27.6 Å². The van der Waals surface area contributed by atoms with E-state index < -0.39 is 0 Å². The molecular formula is C24H28BrNO5. The summed E-state index contributed by atoms with van der Waals surface area (Å²) in [5.41, 5.74) is 4.18. The molecule has 0 bridgehead atoms. The number of likely N-dealkylation sites (tertiary alicyclic amines) is 1. The van der Waals surface area contributed by atoms with Gasteiger partial charge in [0, 0.05) is 30.1 Å². The SMILES string of the molecule is COCC1=C2[C@@H](CC/C(C)=C/c3cc(Br)ccc3O)OC[C@@H]2[C@@H]2C(=O)N(C)C(=O)[C@@H]2C1. The molecule has 0 aromatic heterocycles. The van der Waals surface area contributed by atoms with E-state index in [9.17, 15) is 14.7 Å². The molecule has 0 radical (unpaired) electrons. The number of benzene rings is 1. The third-order valence-corrected chi connectivity index (χ3v) is 7.23. The number of aromatic hydroxyl groups is 1. The first-order valence-corrected chi connectivity index (χ1v) is 11.4. The van der Waals surface area contributed by atoms with E-state index in [4.69, 9.17) is 9.47 Å². The van der Waals surface area contributed by atoms with Crippen molar-refractivity contribution in [3.05, 3.63) is 45.0 Å². The number of fused-ring (bicyclic) bond motifs is 3. The molecule has 1 N–H and O–H groups in total. The van der Waals surface area contributed by atoms with Crippen LogP contribution in [-0.4, -0.2) is 55.3 Å². The highest BCUT2D eigenvalue weighted by atomic mass is 79.9. The van der Waals surface area contributed by atoms with Gasteiger partial charge in [-0.25, -0.2) is 0 Å². The minimum absolute atomic E-state index is 0.0475. The number of carbonyl (C=O) groups is 2. The Balaban J connectivity index is 1.54. The number of allylic oxidation sites excluding steroid dienone is 1. The number of hydrogen-bond donors (Lipinski definition) is 1. The summed E-state index contributed by atoms with van der Waals surface area (Å²) < 4.78 is 12.5. The molecule has 6 nitrogen and oxygen atoms in total. The van der Waals surface area contributed by atoms with Gasteiger partial charge in [0.05, 0.1) is 31.2 Å². The summed E-state index contributed by atoms with van der Waals surface area (Å²) in [5.74, 6) is -0.572. The van der Waals surface area contributed by atoms with Gasteiger partial charge in [-0.2, -0.15) is 0 Å². The van der Waals surface area contributed by atoms with Crippen LogP contribution < -0.4 is 0 Å². The Labute approximate surface area is 191 Å². The van der Waals surface area contributed by atoms with E-state index in [-0.39, 0.29) is 41.4 Å². The highest BCUT2D eigenvalue weighted by Crippen LogP contribution is 2.49. The zero-order valence-electron chi connectivity index (χ0n) is 18.1. The molecule has 1 aromatic rings. The van der Waals surface area contributed by atoms with Crippen LogP contribution in [0.15, 0.2) is 39.4 Å². The van der Waals surface area contributed by atoms with Crippen molar-refractivity contribution in [1.29, 1.82) is 0 Å². The molecule has 2 heterocycles. The van der Waals surface area contributed by atoms with Gasteiger partial charge in [-0.15, -0.1) is 0 Å². The molecule has 7 heteroatoms. The Kier molecular flexibility index (Phi) is 6.37. The third-order valence-electron chi connectivity index (χ3n) is 6.74. The van der Waals surface area contributed by atoms with E-state index in [0.717, 1.165) is 39.6 Å². The number of carbonyl (C=O) groups excluding carboxylic acids is 2. The van der Waals surface area contributed by atoms with Crippen molar-refractivity contribution < 1.29 is 24.2 Å². The van der Waals surface area contributed by atoms with E-state index in [2.05, 4.69) is 15.9 Å². The van der Waals surface area contributed by atoms with Crippen molar-refractivity contribution in [3.8, 4) is 5.75 Å². The molecule has 2 aliphatic heterocycles. The molecule has 1 aliphatic carbocycles. The highest BCUT2D eigenvalue weighted by molar-refractivity contribution is 9.10. The summed E-state index contributed by atoms with van der Waals surface area (Å²) in [6.45, 7) is 2.97. The summed E-state index contributed by atoms with van der Waals surface area (Å²) in [6.07, 6.45) is 4.06. The average Bonchev–Trinajstić information content (AvgIpc) is 3.25. The topological polar surface area (TPSA) is 76.1 Å². The van der Waals surface area contributed by atoms with E-state index >= 15 is 0 Å². The van der Waals surface area contributed by atoms with Gasteiger partial charge in [0.1, 0.15) is 5.75 Å². The Morgan fingerprint density at radius 3 is 2.84 bits per heavy atom. The van der Waals surface area contributed by atoms with Crippen LogP contribution >= 0.6 is 15.9 Å². The minimum atomic E-state index is -0.312. The van der Waals surface area contributed by atoms with Crippen molar-refractivity contribution in [2.24, 2.45) is 17.8 Å². The molecular weight excluding hydrogens is 462 g/mol. The van der Waals surface area contributed by atoms with Crippen LogP contribution in [0, 0.1) is 17.8 Å². The van der Waals surface area contributed by atoms with Gasteiger partial charge in [0.15, 0.2) is 0 Å². The molecule has 31 heavy (non-hydrogen) atoms. The van der Waals surface area contributed by atoms with E-state index in [0.29, 0.717) is 19.6 Å². The molecule has 1 aromatic carbocycles. The fourth-order valence-corrected chi connectivity index (χ4v) is 5.65. The van der Waals surface area contributed by atoms with Crippen molar-refractivity contribution in [3.63, 3.8) is 0 Å². The molecule has 0 unspecified atom stereocenters. The lowest BCUT2D eigenvalue weighted by atomic mass is 9.69. The predicted octanol–water partition coefficient (Wildman–Crippen LogP) is 3.93. The highest BCUT2D eigenvalue weighted by Gasteiger charge is 2.55. The van der Waals surface area contributed by atoms with Crippen molar-refractivity contribution in [2.75, 3.05) is 27.4 Å². The summed E-state index contributed by atoms with van der Waals surface area (Å²) in [5, 5.41) is 10.1. The molecule has 2 fully saturated rings. The van der Waals surface area contributed by atoms with Crippen molar-refractivity contribution in [1.82, 2.24) is 4.90 Å². The van der Waals surface area contributed by atoms with Crippen LogP contribution in [-0.2, 0) is 19.1 Å². The monoisotopic (exact) mass is 489 g/mol. The van der Waals surface area contributed by atoms with Gasteiger partial charge >= 0.3 is 0 Å². The van der Waals surface area contributed by atoms with Gasteiger partial charge < -0.3 is 14.6 Å². The number of halogens is 1. The Bertz CT molecular complexity index is 969. The van der Waals surface area contributed by atoms with Crippen LogP contribution in [0.3, 0.4) is 0 Å². The lowest BCUT2D eigenvalue weighted by Gasteiger charge is -2.31. The standard InChI is InChI=1S/C24H28BrNO5/c1-13(8-14-9-16(25)5-6-19(14)27)4-7-20-21-15(11-30-3)10-17-22(18(21)12-31-20)24(29)26(2)23(17)28/h5-6,8-9,17-18,20,22,27H,4,7,10-12H2,1-3H3/b13-8+/t17-,18+,20-,22-/m1/s1. The number of hydrogen-bond acceptors (Lipinski definition) is 5. The normalized spacial score (nSPS) is 28.4. The summed E-state index contributed by atoms with van der Waals surface area (Å²) in [7, 11) is 3.24. The minimum Gasteiger partial charge on any atom is -0.507 e. The second kappa shape index (κ2) is 8.88. The predicted molar refractivity (Wildman–Crippen MR) is 120 cm³/mol. The Hall–Kier alpha value is -1.96. The Morgan fingerprint density at radius 2 is 2.10 bits per heavy atom. The molecule has 3 aliphatic rings. The zero-order valence-corrected chi connectivity index (χ0v) is 19.6. The lowest BCUT2D eigenvalue weighted by Crippen LogP contribution is -2.34. The maximum Gasteiger partial charge on any atom is 0.233 e. The van der Waals surface area contributed by atoms with Gasteiger partial charge in [-0.3, -0.25) is 14.5 Å². The van der Waals surface area contributed by atoms with Crippen molar-refractivity contribution >= 4 is 33.8 Å². The molecule has 2 saturated heterocycles. The molecule has 166 valence electrons. The fourth-order valence-electron chi connectivity index (χ4n) is 5.27. The number of imide groups is 1. The van der Waals surface area contributed by atoms with E-state index in [1.807, 2.05) is 19.1 Å². The second-order valence-electron chi connectivity index (χ2n) is 8.72. The van der Waals surface area contributed by atoms with Gasteiger partial charge in [-0.05, 0) is 55.5 Å². The summed E-state index contributed by atoms with van der Waals surface area (Å²) >= 11 is 3.44. The van der Waals surface area contributed by atoms with Crippen LogP contribution in [0.4, 0.5) is 0 Å². The number of methoxy groups -OCH3 is 1. The lowest BCUT2D eigenvalue weighted by molar-refractivity contribution is -0.138. The largest absolute Gasteiger partial charge is 0.507 e. The van der Waals surface area contributed by atoms with Gasteiger partial charge in [0.2, 0.25) is 11.8 Å². The first kappa shape index (κ1) is 22.2. The molecule has 4 rings (SSSR count). The number of phenols is 1.